The van der Waals surface area contributed by atoms with Crippen molar-refractivity contribution in [2.45, 2.75) is 29.7 Å². The van der Waals surface area contributed by atoms with Crippen molar-refractivity contribution in [3.05, 3.63) is 119 Å². The third-order valence-corrected chi connectivity index (χ3v) is 5.47. The van der Waals surface area contributed by atoms with Crippen molar-refractivity contribution < 1.29 is 49.4 Å². The quantitative estimate of drug-likeness (QED) is 0.0923. The Balaban J connectivity index is -0.000000641. The Hall–Kier alpha value is -5.16. The minimum Gasteiger partial charge on any atom is -0.508 e. The van der Waals surface area contributed by atoms with Crippen LogP contribution in [-0.4, -0.2) is 61.0 Å². The van der Waals surface area contributed by atoms with Gasteiger partial charge >= 0.3 is 11.9 Å². The topological polar surface area (TPSA) is 179 Å². The molecule has 11 heteroatoms. The molecule has 0 aliphatic rings. The summed E-state index contributed by atoms with van der Waals surface area (Å²) in [5.74, 6) is -2.86. The van der Waals surface area contributed by atoms with Gasteiger partial charge in [-0.3, -0.25) is 14.4 Å². The van der Waals surface area contributed by atoms with Crippen LogP contribution in [-0.2, 0) is 9.59 Å². The highest BCUT2D eigenvalue weighted by Gasteiger charge is 2.15. The lowest BCUT2D eigenvalue weighted by Crippen LogP contribution is -2.09. The number of carbonyl (C=O) groups is 4. The van der Waals surface area contributed by atoms with Gasteiger partial charge in [0.1, 0.15) is 28.3 Å². The van der Waals surface area contributed by atoms with Crippen LogP contribution in [0.25, 0.3) is 0 Å². The summed E-state index contributed by atoms with van der Waals surface area (Å²) in [6, 6.07) is 25.2. The number of halogens is 1. The second-order valence-electron chi connectivity index (χ2n) is 7.98. The molecule has 0 saturated heterocycles. The van der Waals surface area contributed by atoms with E-state index >= 15 is 0 Å². The molecule has 4 aromatic rings. The molecule has 0 fully saturated rings. The highest BCUT2D eigenvalue weighted by atomic mass is 79.9. The van der Waals surface area contributed by atoms with Crippen molar-refractivity contribution in [3.63, 3.8) is 0 Å². The first kappa shape index (κ1) is 44.3. The van der Waals surface area contributed by atoms with E-state index in [4.69, 9.17) is 20.1 Å². The van der Waals surface area contributed by atoms with Crippen LogP contribution in [0.1, 0.15) is 61.5 Å². The standard InChI is InChI=1S/C15H12O5.C13H10O3.C2H3BrO2.4CH4/c16-13-8-11(20-9-14(17)18)6-7-12(13)15(19)10-4-2-1-3-5-10;14-10-6-7-11(12(15)8-10)13(16)9-4-2-1-3-5-9;3-1-2(4)5;;;;/h1-8,16H,9H2,(H,17,18);1-8,14-15H;1H2,(H,4,5);4*1H4. The van der Waals surface area contributed by atoms with Crippen molar-refractivity contribution >= 4 is 39.4 Å². The maximum absolute atomic E-state index is 12.1. The third-order valence-electron chi connectivity index (χ3n) is 4.99. The lowest BCUT2D eigenvalue weighted by atomic mass is 10.0. The molecular weight excluding hydrogens is 648 g/mol. The van der Waals surface area contributed by atoms with Gasteiger partial charge in [0.05, 0.1) is 11.1 Å². The van der Waals surface area contributed by atoms with E-state index in [1.807, 2.05) is 6.07 Å². The van der Waals surface area contributed by atoms with Gasteiger partial charge in [-0.25, -0.2) is 4.79 Å². The fourth-order valence-corrected chi connectivity index (χ4v) is 3.14. The lowest BCUT2D eigenvalue weighted by molar-refractivity contribution is -0.139. The number of alkyl halides is 1. The van der Waals surface area contributed by atoms with Crippen LogP contribution in [0.2, 0.25) is 0 Å². The van der Waals surface area contributed by atoms with Crippen LogP contribution in [0.4, 0.5) is 0 Å². The molecule has 0 heterocycles. The normalized spacial score (nSPS) is 8.82. The number of ether oxygens (including phenoxy) is 1. The van der Waals surface area contributed by atoms with Crippen LogP contribution < -0.4 is 4.74 Å². The van der Waals surface area contributed by atoms with E-state index in [0.29, 0.717) is 11.1 Å². The second-order valence-corrected chi connectivity index (χ2v) is 8.54. The molecule has 0 atom stereocenters. The number of phenols is 3. The van der Waals surface area contributed by atoms with Gasteiger partial charge in [0.2, 0.25) is 0 Å². The second kappa shape index (κ2) is 22.4. The van der Waals surface area contributed by atoms with E-state index in [9.17, 15) is 29.4 Å². The Morgan fingerprint density at radius 1 is 0.578 bits per heavy atom. The summed E-state index contributed by atoms with van der Waals surface area (Å²) >= 11 is 2.71. The molecule has 0 aliphatic carbocycles. The van der Waals surface area contributed by atoms with Gasteiger partial charge in [0.15, 0.2) is 18.2 Å². The Bertz CT molecular complexity index is 1490. The monoisotopic (exact) mass is 688 g/mol. The van der Waals surface area contributed by atoms with E-state index in [0.717, 1.165) is 6.07 Å². The number of phenolic OH excluding ortho intramolecular Hbond substituents is 3. The molecule has 0 aromatic heterocycles. The maximum Gasteiger partial charge on any atom is 0.341 e. The molecule has 10 nitrogen and oxygen atoms in total. The molecule has 4 rings (SSSR count). The highest BCUT2D eigenvalue weighted by Crippen LogP contribution is 2.26. The average molecular weight is 690 g/mol. The summed E-state index contributed by atoms with van der Waals surface area (Å²) < 4.78 is 4.92. The molecule has 45 heavy (non-hydrogen) atoms. The lowest BCUT2D eigenvalue weighted by Gasteiger charge is -2.07. The van der Waals surface area contributed by atoms with Gasteiger partial charge in [0.25, 0.3) is 0 Å². The van der Waals surface area contributed by atoms with Crippen LogP contribution >= 0.6 is 15.9 Å². The third kappa shape index (κ3) is 14.7. The number of carboxylic acid groups (broad SMARTS) is 2. The minimum absolute atomic E-state index is 0. The van der Waals surface area contributed by atoms with Crippen LogP contribution in [0, 0.1) is 0 Å². The Kier molecular flexibility index (Phi) is 22.0. The summed E-state index contributed by atoms with van der Waals surface area (Å²) in [5, 5.41) is 44.7. The summed E-state index contributed by atoms with van der Waals surface area (Å²) in [6.07, 6.45) is 0. The van der Waals surface area contributed by atoms with Crippen LogP contribution in [0.15, 0.2) is 97.1 Å². The fourth-order valence-electron chi connectivity index (χ4n) is 3.14. The number of hydrogen-bond donors (Lipinski definition) is 5. The molecule has 0 saturated carbocycles. The number of hydrogen-bond acceptors (Lipinski definition) is 8. The molecule has 0 aliphatic heterocycles. The summed E-state index contributed by atoms with van der Waals surface area (Å²) in [6.45, 7) is -0.509. The maximum atomic E-state index is 12.1. The number of rotatable bonds is 8. The average Bonchev–Trinajstić information content (AvgIpc) is 2.97. The molecule has 0 bridgehead atoms. The Morgan fingerprint density at radius 2 is 0.978 bits per heavy atom. The molecule has 0 radical (unpaired) electrons. The van der Waals surface area contributed by atoms with Crippen LogP contribution in [0.5, 0.6) is 23.0 Å². The van der Waals surface area contributed by atoms with Gasteiger partial charge < -0.3 is 30.3 Å². The zero-order valence-corrected chi connectivity index (χ0v) is 22.9. The largest absolute Gasteiger partial charge is 0.508 e. The number of carbonyl (C=O) groups excluding carboxylic acids is 2. The molecular formula is C34H41BrO10. The van der Waals surface area contributed by atoms with E-state index in [1.54, 1.807) is 54.6 Å². The molecule has 244 valence electrons. The van der Waals surface area contributed by atoms with E-state index < -0.39 is 18.5 Å². The van der Waals surface area contributed by atoms with Crippen molar-refractivity contribution in [2.75, 3.05) is 11.9 Å². The van der Waals surface area contributed by atoms with E-state index in [2.05, 4.69) is 15.9 Å². The summed E-state index contributed by atoms with van der Waals surface area (Å²) in [5.41, 5.74) is 1.29. The first-order valence-corrected chi connectivity index (χ1v) is 12.8. The van der Waals surface area contributed by atoms with E-state index in [1.165, 1.54) is 30.3 Å². The number of ketones is 2. The molecule has 4 aromatic carbocycles. The first-order valence-electron chi connectivity index (χ1n) is 11.7. The Labute approximate surface area is 272 Å². The number of aromatic hydroxyl groups is 3. The first-order chi connectivity index (χ1) is 19.5. The highest BCUT2D eigenvalue weighted by molar-refractivity contribution is 9.09. The molecule has 0 amide bonds. The van der Waals surface area contributed by atoms with Crippen molar-refractivity contribution in [2.24, 2.45) is 0 Å². The summed E-state index contributed by atoms with van der Waals surface area (Å²) in [4.78, 5) is 43.8. The number of benzene rings is 4. The van der Waals surface area contributed by atoms with Gasteiger partial charge in [-0.05, 0) is 24.3 Å². The van der Waals surface area contributed by atoms with Crippen molar-refractivity contribution in [3.8, 4) is 23.0 Å². The van der Waals surface area contributed by atoms with Gasteiger partial charge in [-0.2, -0.15) is 0 Å². The van der Waals surface area contributed by atoms with Gasteiger partial charge in [-0.15, -0.1) is 0 Å². The molecule has 5 N–H and O–H groups in total. The zero-order chi connectivity index (χ0) is 30.4. The smallest absolute Gasteiger partial charge is 0.341 e. The SMILES string of the molecule is C.C.C.C.O=C(O)CBr.O=C(O)COc1ccc(C(=O)c2ccccc2)c(O)c1.O=C(c1ccccc1)c1ccc(O)cc1O. The number of carboxylic acids is 2. The fraction of sp³-hybridized carbons (Fsp3) is 0.176. The van der Waals surface area contributed by atoms with E-state index in [-0.39, 0.29) is 80.7 Å². The van der Waals surface area contributed by atoms with Gasteiger partial charge in [-0.1, -0.05) is 106 Å². The minimum atomic E-state index is -1.12. The van der Waals surface area contributed by atoms with Gasteiger partial charge in [0, 0.05) is 23.3 Å². The summed E-state index contributed by atoms with van der Waals surface area (Å²) in [7, 11) is 0. The van der Waals surface area contributed by atoms with Crippen molar-refractivity contribution in [1.29, 1.82) is 0 Å². The predicted octanol–water partition coefficient (Wildman–Crippen LogP) is 7.43. The Morgan fingerprint density at radius 3 is 1.33 bits per heavy atom. The molecule has 0 unspecified atom stereocenters. The predicted molar refractivity (Wildman–Crippen MR) is 179 cm³/mol. The van der Waals surface area contributed by atoms with Crippen molar-refractivity contribution in [1.82, 2.24) is 0 Å². The number of aliphatic carboxylic acids is 2. The zero-order valence-electron chi connectivity index (χ0n) is 21.3. The molecule has 0 spiro atoms. The van der Waals surface area contributed by atoms with Crippen LogP contribution in [0.3, 0.4) is 0 Å².